The van der Waals surface area contributed by atoms with Gasteiger partial charge in [-0.25, -0.2) is 0 Å². The standard InChI is InChI=1S/C15H29N5O/c1-7-9-16-13-17-14(20(6)12(5)11(3)4)19-15(18-13)21-10-8-2/h11-12H,7-10H2,1-6H3,(H,16,17,18,19). The molecular formula is C15H29N5O. The molecule has 6 heteroatoms. The van der Waals surface area contributed by atoms with Crippen LogP contribution in [0.1, 0.15) is 47.5 Å². The van der Waals surface area contributed by atoms with Gasteiger partial charge in [0.25, 0.3) is 0 Å². The number of rotatable bonds is 9. The largest absolute Gasteiger partial charge is 0.463 e. The van der Waals surface area contributed by atoms with Gasteiger partial charge in [-0.05, 0) is 25.7 Å². The van der Waals surface area contributed by atoms with Crippen molar-refractivity contribution in [2.24, 2.45) is 5.92 Å². The summed E-state index contributed by atoms with van der Waals surface area (Å²) >= 11 is 0. The Morgan fingerprint density at radius 1 is 1.10 bits per heavy atom. The summed E-state index contributed by atoms with van der Waals surface area (Å²) in [7, 11) is 2.01. The zero-order chi connectivity index (χ0) is 15.8. The van der Waals surface area contributed by atoms with Gasteiger partial charge in [0.15, 0.2) is 0 Å². The molecule has 1 rings (SSSR count). The summed E-state index contributed by atoms with van der Waals surface area (Å²) < 4.78 is 5.58. The van der Waals surface area contributed by atoms with E-state index >= 15 is 0 Å². The molecule has 120 valence electrons. The van der Waals surface area contributed by atoms with Gasteiger partial charge in [-0.2, -0.15) is 15.0 Å². The molecule has 1 aromatic rings. The van der Waals surface area contributed by atoms with Crippen LogP contribution in [0.3, 0.4) is 0 Å². The molecule has 0 aromatic carbocycles. The van der Waals surface area contributed by atoms with Crippen molar-refractivity contribution in [1.29, 1.82) is 0 Å². The maximum absolute atomic E-state index is 5.58. The highest BCUT2D eigenvalue weighted by atomic mass is 16.5. The summed E-state index contributed by atoms with van der Waals surface area (Å²) in [5.41, 5.74) is 0. The SMILES string of the molecule is CCCNc1nc(OCCC)nc(N(C)C(C)C(C)C)n1. The van der Waals surface area contributed by atoms with E-state index in [9.17, 15) is 0 Å². The van der Waals surface area contributed by atoms with Crippen molar-refractivity contribution in [2.75, 3.05) is 30.4 Å². The van der Waals surface area contributed by atoms with Crippen molar-refractivity contribution in [2.45, 2.75) is 53.5 Å². The molecule has 1 atom stereocenters. The minimum atomic E-state index is 0.338. The van der Waals surface area contributed by atoms with Crippen molar-refractivity contribution in [3.05, 3.63) is 0 Å². The van der Waals surface area contributed by atoms with E-state index < -0.39 is 0 Å². The second-order valence-electron chi connectivity index (χ2n) is 5.61. The van der Waals surface area contributed by atoms with Crippen LogP contribution in [0.2, 0.25) is 0 Å². The average molecular weight is 295 g/mol. The summed E-state index contributed by atoms with van der Waals surface area (Å²) in [4.78, 5) is 15.3. The van der Waals surface area contributed by atoms with Gasteiger partial charge in [0, 0.05) is 19.6 Å². The Morgan fingerprint density at radius 2 is 1.81 bits per heavy atom. The normalized spacial score (nSPS) is 12.3. The van der Waals surface area contributed by atoms with Gasteiger partial charge in [0.05, 0.1) is 6.61 Å². The first kappa shape index (κ1) is 17.5. The molecular weight excluding hydrogens is 266 g/mol. The number of aromatic nitrogens is 3. The highest BCUT2D eigenvalue weighted by Crippen LogP contribution is 2.19. The smallest absolute Gasteiger partial charge is 0.323 e. The van der Waals surface area contributed by atoms with Gasteiger partial charge in [-0.1, -0.05) is 27.7 Å². The summed E-state index contributed by atoms with van der Waals surface area (Å²) in [6, 6.07) is 0.730. The van der Waals surface area contributed by atoms with Crippen LogP contribution < -0.4 is 15.0 Å². The number of ether oxygens (including phenoxy) is 1. The van der Waals surface area contributed by atoms with Crippen molar-refractivity contribution in [3.63, 3.8) is 0 Å². The van der Waals surface area contributed by atoms with Crippen LogP contribution in [0.5, 0.6) is 6.01 Å². The Kier molecular flexibility index (Phi) is 7.19. The Hall–Kier alpha value is -1.59. The Morgan fingerprint density at radius 3 is 2.38 bits per heavy atom. The third-order valence-corrected chi connectivity index (χ3v) is 3.46. The van der Waals surface area contributed by atoms with Crippen molar-refractivity contribution in [1.82, 2.24) is 15.0 Å². The highest BCUT2D eigenvalue weighted by molar-refractivity contribution is 5.38. The van der Waals surface area contributed by atoms with Crippen LogP contribution >= 0.6 is 0 Å². The van der Waals surface area contributed by atoms with E-state index in [1.807, 2.05) is 7.05 Å². The summed E-state index contributed by atoms with van der Waals surface area (Å²) in [6.07, 6.45) is 1.95. The third-order valence-electron chi connectivity index (χ3n) is 3.46. The minimum Gasteiger partial charge on any atom is -0.463 e. The maximum atomic E-state index is 5.58. The van der Waals surface area contributed by atoms with Crippen LogP contribution in [-0.2, 0) is 0 Å². The van der Waals surface area contributed by atoms with E-state index in [-0.39, 0.29) is 0 Å². The third kappa shape index (κ3) is 5.36. The second kappa shape index (κ2) is 8.64. The lowest BCUT2D eigenvalue weighted by molar-refractivity contribution is 0.291. The van der Waals surface area contributed by atoms with Crippen LogP contribution in [0.25, 0.3) is 0 Å². The monoisotopic (exact) mass is 295 g/mol. The molecule has 1 N–H and O–H groups in total. The van der Waals surface area contributed by atoms with Crippen molar-refractivity contribution in [3.8, 4) is 6.01 Å². The summed E-state index contributed by atoms with van der Waals surface area (Å²) in [6.45, 7) is 12.2. The molecule has 0 spiro atoms. The molecule has 1 heterocycles. The van der Waals surface area contributed by atoms with E-state index in [0.717, 1.165) is 19.4 Å². The molecule has 0 saturated carbocycles. The fourth-order valence-corrected chi connectivity index (χ4v) is 1.71. The molecule has 6 nitrogen and oxygen atoms in total. The lowest BCUT2D eigenvalue weighted by Gasteiger charge is -2.28. The fourth-order valence-electron chi connectivity index (χ4n) is 1.71. The fraction of sp³-hybridized carbons (Fsp3) is 0.800. The number of nitrogens with zero attached hydrogens (tertiary/aromatic N) is 4. The first-order valence-corrected chi connectivity index (χ1v) is 7.85. The molecule has 0 saturated heterocycles. The summed E-state index contributed by atoms with van der Waals surface area (Å²) in [5, 5.41) is 3.21. The van der Waals surface area contributed by atoms with E-state index in [1.54, 1.807) is 0 Å². The quantitative estimate of drug-likeness (QED) is 0.755. The molecule has 1 aromatic heterocycles. The van der Waals surface area contributed by atoms with Crippen molar-refractivity contribution < 1.29 is 4.74 Å². The minimum absolute atomic E-state index is 0.338. The number of anilines is 2. The van der Waals surface area contributed by atoms with E-state index in [2.05, 4.69) is 59.8 Å². The first-order chi connectivity index (χ1) is 9.99. The molecule has 0 aliphatic carbocycles. The first-order valence-electron chi connectivity index (χ1n) is 7.85. The van der Waals surface area contributed by atoms with Crippen LogP contribution in [0, 0.1) is 5.92 Å². The molecule has 0 radical (unpaired) electrons. The van der Waals surface area contributed by atoms with Gasteiger partial charge in [0.1, 0.15) is 0 Å². The van der Waals surface area contributed by atoms with Crippen LogP contribution in [0.4, 0.5) is 11.9 Å². The molecule has 1 unspecified atom stereocenters. The molecule has 0 amide bonds. The molecule has 0 bridgehead atoms. The zero-order valence-electron chi connectivity index (χ0n) is 14.2. The van der Waals surface area contributed by atoms with E-state index in [4.69, 9.17) is 4.74 Å². The van der Waals surface area contributed by atoms with Crippen LogP contribution in [-0.4, -0.2) is 41.2 Å². The molecule has 0 aliphatic heterocycles. The second-order valence-corrected chi connectivity index (χ2v) is 5.61. The number of nitrogens with one attached hydrogen (secondary N) is 1. The summed E-state index contributed by atoms with van der Waals surface area (Å²) in [5.74, 6) is 1.74. The maximum Gasteiger partial charge on any atom is 0.323 e. The molecule has 21 heavy (non-hydrogen) atoms. The molecule has 0 aliphatic rings. The molecule has 0 fully saturated rings. The lowest BCUT2D eigenvalue weighted by atomic mass is 10.1. The van der Waals surface area contributed by atoms with Gasteiger partial charge < -0.3 is 15.0 Å². The van der Waals surface area contributed by atoms with E-state index in [0.29, 0.717) is 36.5 Å². The Balaban J connectivity index is 2.99. The highest BCUT2D eigenvalue weighted by Gasteiger charge is 2.18. The van der Waals surface area contributed by atoms with Gasteiger partial charge in [-0.15, -0.1) is 0 Å². The van der Waals surface area contributed by atoms with Gasteiger partial charge in [-0.3, -0.25) is 0 Å². The average Bonchev–Trinajstić information content (AvgIpc) is 2.49. The zero-order valence-corrected chi connectivity index (χ0v) is 14.2. The van der Waals surface area contributed by atoms with Crippen molar-refractivity contribution >= 4 is 11.9 Å². The number of hydrogen-bond acceptors (Lipinski definition) is 6. The Bertz CT molecular complexity index is 398. The predicted octanol–water partition coefficient (Wildman–Crippen LogP) is 2.96. The van der Waals surface area contributed by atoms with Gasteiger partial charge >= 0.3 is 6.01 Å². The topological polar surface area (TPSA) is 63.2 Å². The van der Waals surface area contributed by atoms with Gasteiger partial charge in [0.2, 0.25) is 11.9 Å². The number of hydrogen-bond donors (Lipinski definition) is 1. The lowest BCUT2D eigenvalue weighted by Crippen LogP contribution is -2.34. The predicted molar refractivity (Wildman–Crippen MR) is 87.1 cm³/mol. The van der Waals surface area contributed by atoms with E-state index in [1.165, 1.54) is 0 Å². The van der Waals surface area contributed by atoms with Crippen LogP contribution in [0.15, 0.2) is 0 Å². The Labute approximate surface area is 128 Å².